The first-order valence-electron chi connectivity index (χ1n) is 9.13. The van der Waals surface area contributed by atoms with Gasteiger partial charge in [0.1, 0.15) is 5.82 Å². The van der Waals surface area contributed by atoms with Gasteiger partial charge in [-0.1, -0.05) is 40.2 Å². The van der Waals surface area contributed by atoms with Gasteiger partial charge in [0, 0.05) is 28.8 Å². The second-order valence-electron chi connectivity index (χ2n) is 6.63. The van der Waals surface area contributed by atoms with E-state index in [1.807, 2.05) is 61.5 Å². The Balaban J connectivity index is 1.74. The molecule has 7 heteroatoms. The number of carbonyl (C=O) groups is 2. The summed E-state index contributed by atoms with van der Waals surface area (Å²) in [7, 11) is 0. The van der Waals surface area contributed by atoms with E-state index in [4.69, 9.17) is 0 Å². The van der Waals surface area contributed by atoms with E-state index < -0.39 is 6.04 Å². The van der Waals surface area contributed by atoms with Crippen LogP contribution in [0, 0.1) is 6.92 Å². The fourth-order valence-corrected chi connectivity index (χ4v) is 3.23. The van der Waals surface area contributed by atoms with E-state index >= 15 is 0 Å². The topological polar surface area (TPSA) is 84.0 Å². The number of nitrogens with one attached hydrogen (secondary N) is 2. The molecule has 0 fully saturated rings. The van der Waals surface area contributed by atoms with Crippen molar-refractivity contribution >= 4 is 33.4 Å². The molecule has 1 aromatic heterocycles. The zero-order valence-corrected chi connectivity index (χ0v) is 17.7. The highest BCUT2D eigenvalue weighted by Gasteiger charge is 2.17. The quantitative estimate of drug-likeness (QED) is 0.579. The van der Waals surface area contributed by atoms with Crippen molar-refractivity contribution in [2.75, 3.05) is 5.32 Å². The van der Waals surface area contributed by atoms with Gasteiger partial charge in [-0.2, -0.15) is 0 Å². The van der Waals surface area contributed by atoms with Gasteiger partial charge in [0.2, 0.25) is 11.8 Å². The predicted octanol–water partition coefficient (Wildman–Crippen LogP) is 4.42. The van der Waals surface area contributed by atoms with Crippen molar-refractivity contribution < 1.29 is 9.59 Å². The molecule has 3 rings (SSSR count). The van der Waals surface area contributed by atoms with Gasteiger partial charge in [-0.05, 0) is 42.8 Å². The van der Waals surface area contributed by atoms with Crippen LogP contribution in [-0.4, -0.2) is 21.8 Å². The molecular formula is C22H21BrN4O2. The largest absolute Gasteiger partial charge is 0.349 e. The van der Waals surface area contributed by atoms with Crippen LogP contribution in [0.15, 0.2) is 65.3 Å². The summed E-state index contributed by atoms with van der Waals surface area (Å²) >= 11 is 3.40. The fourth-order valence-electron chi connectivity index (χ4n) is 2.96. The summed E-state index contributed by atoms with van der Waals surface area (Å²) < 4.78 is 0.934. The Hall–Kier alpha value is -3.06. The number of benzene rings is 2. The average molecular weight is 453 g/mol. The summed E-state index contributed by atoms with van der Waals surface area (Å²) in [5.41, 5.74) is 3.21. The number of carbonyl (C=O) groups excluding carboxylic acids is 2. The molecule has 0 bridgehead atoms. The van der Waals surface area contributed by atoms with Crippen LogP contribution in [0.1, 0.15) is 30.8 Å². The van der Waals surface area contributed by atoms with Crippen molar-refractivity contribution in [1.82, 2.24) is 15.3 Å². The predicted molar refractivity (Wildman–Crippen MR) is 116 cm³/mol. The van der Waals surface area contributed by atoms with Gasteiger partial charge in [-0.3, -0.25) is 9.59 Å². The number of nitrogens with zero attached hydrogens (tertiary/aromatic N) is 2. The molecule has 0 saturated carbocycles. The molecule has 1 atom stereocenters. The third-order valence-corrected chi connectivity index (χ3v) is 4.79. The Morgan fingerprint density at radius 3 is 2.55 bits per heavy atom. The molecule has 1 unspecified atom stereocenters. The highest BCUT2D eigenvalue weighted by atomic mass is 79.9. The van der Waals surface area contributed by atoms with Gasteiger partial charge in [0.15, 0.2) is 0 Å². The lowest BCUT2D eigenvalue weighted by molar-refractivity contribution is -0.120. The summed E-state index contributed by atoms with van der Waals surface area (Å²) in [4.78, 5) is 32.8. The number of hydrogen-bond acceptors (Lipinski definition) is 4. The van der Waals surface area contributed by atoms with E-state index in [1.54, 1.807) is 6.20 Å². The van der Waals surface area contributed by atoms with Crippen LogP contribution in [0.5, 0.6) is 0 Å². The maximum absolute atomic E-state index is 12.6. The molecule has 0 spiro atoms. The number of amides is 2. The van der Waals surface area contributed by atoms with Crippen molar-refractivity contribution in [3.8, 4) is 11.3 Å². The zero-order valence-electron chi connectivity index (χ0n) is 16.1. The molecule has 0 saturated heterocycles. The third-order valence-electron chi connectivity index (χ3n) is 4.26. The van der Waals surface area contributed by atoms with Crippen molar-refractivity contribution in [1.29, 1.82) is 0 Å². The Labute approximate surface area is 177 Å². The zero-order chi connectivity index (χ0) is 20.8. The van der Waals surface area contributed by atoms with Gasteiger partial charge < -0.3 is 10.6 Å². The van der Waals surface area contributed by atoms with Crippen LogP contribution in [0.4, 0.5) is 5.69 Å². The molecule has 148 valence electrons. The summed E-state index contributed by atoms with van der Waals surface area (Å²) in [6.45, 7) is 3.27. The van der Waals surface area contributed by atoms with Gasteiger partial charge in [0.25, 0.3) is 0 Å². The first-order chi connectivity index (χ1) is 13.9. The molecule has 1 heterocycles. The smallest absolute Gasteiger partial charge is 0.226 e. The summed E-state index contributed by atoms with van der Waals surface area (Å²) in [6, 6.07) is 16.4. The summed E-state index contributed by atoms with van der Waals surface area (Å²) in [6.07, 6.45) is 1.83. The molecule has 3 aromatic rings. The molecule has 2 amide bonds. The number of halogens is 1. The maximum atomic E-state index is 12.6. The third kappa shape index (κ3) is 5.96. The Morgan fingerprint density at radius 1 is 1.10 bits per heavy atom. The van der Waals surface area contributed by atoms with Crippen LogP contribution in [0.2, 0.25) is 0 Å². The van der Waals surface area contributed by atoms with Crippen LogP contribution in [-0.2, 0) is 9.59 Å². The lowest BCUT2D eigenvalue weighted by atomic mass is 10.0. The van der Waals surface area contributed by atoms with Gasteiger partial charge in [0.05, 0.1) is 18.2 Å². The second kappa shape index (κ2) is 9.43. The van der Waals surface area contributed by atoms with Crippen LogP contribution in [0.25, 0.3) is 11.3 Å². The standard InChI is InChI=1S/C22H21BrN4O2/c1-14-24-11-10-20(25-14)17-4-3-5-19(12-17)27-22(29)13-21(26-15(2)28)16-6-8-18(23)9-7-16/h3-12,21H,13H2,1-2H3,(H,26,28)(H,27,29). The van der Waals surface area contributed by atoms with E-state index in [-0.39, 0.29) is 18.2 Å². The van der Waals surface area contributed by atoms with Crippen LogP contribution in [0.3, 0.4) is 0 Å². The molecule has 0 aliphatic rings. The minimum atomic E-state index is -0.409. The van der Waals surface area contributed by atoms with Crippen molar-refractivity contribution in [2.24, 2.45) is 0 Å². The van der Waals surface area contributed by atoms with E-state index in [0.29, 0.717) is 11.5 Å². The molecular weight excluding hydrogens is 432 g/mol. The molecule has 6 nitrogen and oxygen atoms in total. The first kappa shape index (κ1) is 20.7. The van der Waals surface area contributed by atoms with Crippen LogP contribution >= 0.6 is 15.9 Å². The van der Waals surface area contributed by atoms with Crippen LogP contribution < -0.4 is 10.6 Å². The average Bonchev–Trinajstić information content (AvgIpc) is 2.68. The highest BCUT2D eigenvalue weighted by molar-refractivity contribution is 9.10. The molecule has 0 aliphatic carbocycles. The van der Waals surface area contributed by atoms with Crippen molar-refractivity contribution in [3.63, 3.8) is 0 Å². The lowest BCUT2D eigenvalue weighted by Crippen LogP contribution is -2.29. The number of aryl methyl sites for hydroxylation is 1. The van der Waals surface area contributed by atoms with Crippen molar-refractivity contribution in [2.45, 2.75) is 26.3 Å². The fraction of sp³-hybridized carbons (Fsp3) is 0.182. The van der Waals surface area contributed by atoms with Gasteiger partial charge >= 0.3 is 0 Å². The summed E-state index contributed by atoms with van der Waals surface area (Å²) in [5, 5.41) is 5.75. The van der Waals surface area contributed by atoms with Crippen molar-refractivity contribution in [3.05, 3.63) is 76.7 Å². The van der Waals surface area contributed by atoms with E-state index in [0.717, 1.165) is 21.3 Å². The van der Waals surface area contributed by atoms with E-state index in [2.05, 4.69) is 36.5 Å². The molecule has 0 aliphatic heterocycles. The molecule has 2 aromatic carbocycles. The minimum absolute atomic E-state index is 0.123. The van der Waals surface area contributed by atoms with E-state index in [9.17, 15) is 9.59 Å². The number of rotatable bonds is 6. The maximum Gasteiger partial charge on any atom is 0.226 e. The number of hydrogen-bond donors (Lipinski definition) is 2. The normalized spacial score (nSPS) is 11.6. The second-order valence-corrected chi connectivity index (χ2v) is 7.54. The summed E-state index contributed by atoms with van der Waals surface area (Å²) in [5.74, 6) is 0.305. The monoisotopic (exact) mass is 452 g/mol. The first-order valence-corrected chi connectivity index (χ1v) is 9.92. The van der Waals surface area contributed by atoms with Gasteiger partial charge in [-0.25, -0.2) is 9.97 Å². The minimum Gasteiger partial charge on any atom is -0.349 e. The Morgan fingerprint density at radius 2 is 1.86 bits per heavy atom. The number of anilines is 1. The molecule has 0 radical (unpaired) electrons. The van der Waals surface area contributed by atoms with Gasteiger partial charge in [-0.15, -0.1) is 0 Å². The number of aromatic nitrogens is 2. The SMILES string of the molecule is CC(=O)NC(CC(=O)Nc1cccc(-c2ccnc(C)n2)c1)c1ccc(Br)cc1. The highest BCUT2D eigenvalue weighted by Crippen LogP contribution is 2.23. The Bertz CT molecular complexity index is 1020. The molecule has 29 heavy (non-hydrogen) atoms. The Kier molecular flexibility index (Phi) is 6.72. The molecule has 2 N–H and O–H groups in total. The lowest BCUT2D eigenvalue weighted by Gasteiger charge is -2.18. The van der Waals surface area contributed by atoms with E-state index in [1.165, 1.54) is 6.92 Å².